The Hall–Kier alpha value is -3.12. The van der Waals surface area contributed by atoms with Crippen LogP contribution in [0.15, 0.2) is 24.5 Å². The Kier molecular flexibility index (Phi) is 6.06. The highest BCUT2D eigenvalue weighted by molar-refractivity contribution is 7.09. The third kappa shape index (κ3) is 4.81. The van der Waals surface area contributed by atoms with Crippen LogP contribution in [0.4, 0.5) is 29.8 Å². The average Bonchev–Trinajstić information content (AvgIpc) is 3.39. The molecule has 0 saturated carbocycles. The summed E-state index contributed by atoms with van der Waals surface area (Å²) < 4.78 is 43.8. The fraction of sp³-hybridized carbons (Fsp3) is 0.381. The summed E-state index contributed by atoms with van der Waals surface area (Å²) in [6.07, 6.45) is -2.04. The molecule has 4 heterocycles. The van der Waals surface area contributed by atoms with Crippen LogP contribution in [0.1, 0.15) is 37.5 Å². The normalized spacial score (nSPS) is 13.9. The fourth-order valence-corrected chi connectivity index (χ4v) is 3.98. The smallest absolute Gasteiger partial charge is 0.313 e. The molecule has 8 nitrogen and oxygen atoms in total. The summed E-state index contributed by atoms with van der Waals surface area (Å²) >= 11 is 1.03. The second-order valence-electron chi connectivity index (χ2n) is 8.05. The minimum Gasteiger partial charge on any atom is -0.313 e. The van der Waals surface area contributed by atoms with Crippen LogP contribution in [0.25, 0.3) is 11.5 Å². The largest absolute Gasteiger partial charge is 0.417 e. The van der Waals surface area contributed by atoms with E-state index in [1.807, 2.05) is 12.3 Å². The van der Waals surface area contributed by atoms with Crippen molar-refractivity contribution in [3.63, 3.8) is 0 Å². The number of nitrogens with one attached hydrogen (secondary N) is 1. The molecule has 1 N–H and O–H groups in total. The number of hydrogen-bond acceptors (Lipinski definition) is 8. The van der Waals surface area contributed by atoms with Crippen LogP contribution >= 0.6 is 11.5 Å². The highest BCUT2D eigenvalue weighted by atomic mass is 32.1. The Morgan fingerprint density at radius 3 is 2.58 bits per heavy atom. The summed E-state index contributed by atoms with van der Waals surface area (Å²) in [5, 5.41) is 3.21. The summed E-state index contributed by atoms with van der Waals surface area (Å²) in [7, 11) is 1.38. The van der Waals surface area contributed by atoms with E-state index in [1.165, 1.54) is 25.1 Å². The molecule has 0 unspecified atom stereocenters. The second-order valence-corrected chi connectivity index (χ2v) is 8.80. The van der Waals surface area contributed by atoms with Crippen LogP contribution in [-0.4, -0.2) is 43.2 Å². The third-order valence-electron chi connectivity index (χ3n) is 5.47. The number of amides is 1. The second kappa shape index (κ2) is 8.67. The monoisotopic (exact) mass is 477 g/mol. The van der Waals surface area contributed by atoms with Gasteiger partial charge in [-0.05, 0) is 37.1 Å². The third-order valence-corrected chi connectivity index (χ3v) is 6.10. The topological polar surface area (TPSA) is 87.1 Å². The first-order valence-corrected chi connectivity index (χ1v) is 10.9. The van der Waals surface area contributed by atoms with Crippen LogP contribution in [0.3, 0.4) is 0 Å². The van der Waals surface area contributed by atoms with Gasteiger partial charge in [-0.1, -0.05) is 0 Å². The van der Waals surface area contributed by atoms with Crippen LogP contribution < -0.4 is 10.2 Å². The van der Waals surface area contributed by atoms with Crippen molar-refractivity contribution in [2.24, 2.45) is 0 Å². The van der Waals surface area contributed by atoms with E-state index in [9.17, 15) is 18.0 Å². The van der Waals surface area contributed by atoms with Crippen molar-refractivity contribution in [3.05, 3.63) is 41.2 Å². The molecule has 0 aromatic carbocycles. The molecule has 0 saturated heterocycles. The number of halogens is 3. The zero-order valence-corrected chi connectivity index (χ0v) is 19.3. The lowest BCUT2D eigenvalue weighted by molar-refractivity contribution is -0.137. The standard InChI is InChI=1S/C21H22F3N7OS/c1-11(2)31-9-13-5-16(25-7-14(13)10-31)18-27-20(33-29-18)28-19-17(30(4)12(3)32)6-15(8-26-19)21(22,23)24/h5-8,11H,9-10H2,1-4H3,(H,26,27,28,29). The molecule has 33 heavy (non-hydrogen) atoms. The lowest BCUT2D eigenvalue weighted by atomic mass is 10.1. The van der Waals surface area contributed by atoms with E-state index in [0.29, 0.717) is 28.9 Å². The average molecular weight is 478 g/mol. The van der Waals surface area contributed by atoms with E-state index in [0.717, 1.165) is 35.6 Å². The Morgan fingerprint density at radius 1 is 1.18 bits per heavy atom. The Morgan fingerprint density at radius 2 is 1.91 bits per heavy atom. The van der Waals surface area contributed by atoms with Crippen molar-refractivity contribution in [3.8, 4) is 11.5 Å². The molecular formula is C21H22F3N7OS. The number of hydrogen-bond donors (Lipinski definition) is 1. The van der Waals surface area contributed by atoms with Crippen molar-refractivity contribution in [1.29, 1.82) is 0 Å². The van der Waals surface area contributed by atoms with E-state index in [2.05, 4.69) is 43.4 Å². The van der Waals surface area contributed by atoms with Gasteiger partial charge < -0.3 is 10.2 Å². The van der Waals surface area contributed by atoms with Gasteiger partial charge in [0, 0.05) is 57.0 Å². The molecule has 174 valence electrons. The van der Waals surface area contributed by atoms with Gasteiger partial charge in [-0.25, -0.2) is 4.98 Å². The zero-order valence-electron chi connectivity index (χ0n) is 18.4. The van der Waals surface area contributed by atoms with Crippen molar-refractivity contribution in [2.75, 3.05) is 17.3 Å². The van der Waals surface area contributed by atoms with Crippen molar-refractivity contribution in [1.82, 2.24) is 24.2 Å². The molecule has 1 amide bonds. The van der Waals surface area contributed by atoms with Gasteiger partial charge in [-0.2, -0.15) is 22.5 Å². The van der Waals surface area contributed by atoms with Crippen molar-refractivity contribution < 1.29 is 18.0 Å². The quantitative estimate of drug-likeness (QED) is 0.580. The van der Waals surface area contributed by atoms with Gasteiger partial charge in [0.15, 0.2) is 11.6 Å². The van der Waals surface area contributed by atoms with Crippen LogP contribution in [0.2, 0.25) is 0 Å². The van der Waals surface area contributed by atoms with E-state index >= 15 is 0 Å². The van der Waals surface area contributed by atoms with Gasteiger partial charge in [-0.3, -0.25) is 14.7 Å². The van der Waals surface area contributed by atoms with E-state index in [-0.39, 0.29) is 11.5 Å². The molecule has 12 heteroatoms. The van der Waals surface area contributed by atoms with E-state index < -0.39 is 17.6 Å². The number of fused-ring (bicyclic) bond motifs is 1. The molecule has 0 aliphatic carbocycles. The maximum Gasteiger partial charge on any atom is 0.417 e. The minimum atomic E-state index is -4.59. The predicted octanol–water partition coefficient (Wildman–Crippen LogP) is 4.46. The number of anilines is 3. The number of nitrogens with zero attached hydrogens (tertiary/aromatic N) is 6. The maximum atomic E-state index is 13.2. The Balaban J connectivity index is 1.60. The van der Waals surface area contributed by atoms with Crippen molar-refractivity contribution >= 4 is 34.1 Å². The number of aromatic nitrogens is 4. The van der Waals surface area contributed by atoms with Gasteiger partial charge in [0.25, 0.3) is 0 Å². The molecule has 1 aliphatic rings. The van der Waals surface area contributed by atoms with Crippen molar-refractivity contribution in [2.45, 2.75) is 46.1 Å². The van der Waals surface area contributed by atoms with Crippen LogP contribution in [0, 0.1) is 0 Å². The molecule has 0 radical (unpaired) electrons. The lowest BCUT2D eigenvalue weighted by Gasteiger charge is -2.20. The zero-order chi connectivity index (χ0) is 23.9. The lowest BCUT2D eigenvalue weighted by Crippen LogP contribution is -2.24. The summed E-state index contributed by atoms with van der Waals surface area (Å²) in [4.78, 5) is 28.0. The maximum absolute atomic E-state index is 13.2. The number of carbonyl (C=O) groups excluding carboxylic acids is 1. The van der Waals surface area contributed by atoms with Gasteiger partial charge in [0.05, 0.1) is 11.3 Å². The molecule has 0 atom stereocenters. The number of pyridine rings is 2. The minimum absolute atomic E-state index is 0.0153. The summed E-state index contributed by atoms with van der Waals surface area (Å²) in [6, 6.07) is 3.27. The summed E-state index contributed by atoms with van der Waals surface area (Å²) in [6.45, 7) is 7.23. The van der Waals surface area contributed by atoms with Gasteiger partial charge in [0.2, 0.25) is 11.0 Å². The molecule has 4 rings (SSSR count). The molecule has 0 bridgehead atoms. The molecule has 0 fully saturated rings. The van der Waals surface area contributed by atoms with E-state index in [4.69, 9.17) is 0 Å². The molecule has 0 spiro atoms. The Bertz CT molecular complexity index is 1190. The highest BCUT2D eigenvalue weighted by Crippen LogP contribution is 2.35. The van der Waals surface area contributed by atoms with Gasteiger partial charge in [0.1, 0.15) is 5.69 Å². The molecular weight excluding hydrogens is 455 g/mol. The Labute approximate surface area is 192 Å². The van der Waals surface area contributed by atoms with Crippen LogP contribution in [0.5, 0.6) is 0 Å². The first-order valence-electron chi connectivity index (χ1n) is 10.2. The van der Waals surface area contributed by atoms with Gasteiger partial charge >= 0.3 is 6.18 Å². The number of alkyl halides is 3. The number of rotatable bonds is 5. The van der Waals surface area contributed by atoms with Gasteiger partial charge in [-0.15, -0.1) is 0 Å². The first-order chi connectivity index (χ1) is 15.5. The fourth-order valence-electron chi connectivity index (χ4n) is 3.41. The van der Waals surface area contributed by atoms with Crippen LogP contribution in [-0.2, 0) is 24.1 Å². The van der Waals surface area contributed by atoms with E-state index in [1.54, 1.807) is 0 Å². The SMILES string of the molecule is CC(=O)N(C)c1cc(C(F)(F)F)cnc1Nc1nc(-c2cc3c(cn2)CN(C(C)C)C3)ns1. The molecule has 3 aromatic heterocycles. The summed E-state index contributed by atoms with van der Waals surface area (Å²) in [5.41, 5.74) is 2.00. The molecule has 3 aromatic rings. The summed E-state index contributed by atoms with van der Waals surface area (Å²) in [5.74, 6) is 0.0366. The first kappa shape index (κ1) is 23.1. The molecule has 1 aliphatic heterocycles. The predicted molar refractivity (Wildman–Crippen MR) is 119 cm³/mol. The highest BCUT2D eigenvalue weighted by Gasteiger charge is 2.32. The number of carbonyl (C=O) groups is 1.